The number of unbranched alkanes of at least 4 members (excludes halogenated alkanes) is 8. The van der Waals surface area contributed by atoms with Gasteiger partial charge in [0.2, 0.25) is 0 Å². The second kappa shape index (κ2) is 11.5. The van der Waals surface area contributed by atoms with Crippen LogP contribution in [-0.4, -0.2) is 12.2 Å². The van der Waals surface area contributed by atoms with E-state index in [0.717, 1.165) is 6.42 Å². The molecule has 2 unspecified atom stereocenters. The smallest absolute Gasteiger partial charge is 0.0876 e. The zero-order valence-corrected chi connectivity index (χ0v) is 13.2. The van der Waals surface area contributed by atoms with Crippen molar-refractivity contribution in [3.63, 3.8) is 0 Å². The van der Waals surface area contributed by atoms with Crippen LogP contribution in [0.4, 0.5) is 0 Å². The predicted octanol–water partition coefficient (Wildman–Crippen LogP) is 6.03. The molecule has 112 valence electrons. The minimum absolute atomic E-state index is 0.553. The number of allylic oxidation sites excluding steroid dienone is 1. The Balaban J connectivity index is 1.81. The van der Waals surface area contributed by atoms with Gasteiger partial charge in [-0.2, -0.15) is 0 Å². The molecule has 1 fully saturated rings. The standard InChI is InChI=1S/C18H34O/c1-3-5-7-8-9-10-11-12-14-16-18-17(19-18)15-13-6-4-2/h12,14,17-18H,3-11,13,15-16H2,1-2H3. The zero-order chi connectivity index (χ0) is 13.8. The molecule has 0 spiro atoms. The maximum Gasteiger partial charge on any atom is 0.0876 e. The van der Waals surface area contributed by atoms with Gasteiger partial charge in [-0.05, 0) is 25.7 Å². The summed E-state index contributed by atoms with van der Waals surface area (Å²) in [6.45, 7) is 4.54. The van der Waals surface area contributed by atoms with E-state index in [9.17, 15) is 0 Å². The molecule has 0 amide bonds. The highest BCUT2D eigenvalue weighted by Gasteiger charge is 2.36. The van der Waals surface area contributed by atoms with E-state index in [1.807, 2.05) is 0 Å². The molecule has 0 aromatic rings. The van der Waals surface area contributed by atoms with Crippen molar-refractivity contribution in [2.45, 2.75) is 103 Å². The highest BCUT2D eigenvalue weighted by molar-refractivity contribution is 4.93. The van der Waals surface area contributed by atoms with Crippen molar-refractivity contribution in [3.05, 3.63) is 12.2 Å². The Kier molecular flexibility index (Phi) is 10.2. The molecule has 0 radical (unpaired) electrons. The van der Waals surface area contributed by atoms with Crippen LogP contribution in [0.15, 0.2) is 12.2 Å². The lowest BCUT2D eigenvalue weighted by Gasteiger charge is -1.97. The first-order chi connectivity index (χ1) is 9.38. The molecule has 1 aliphatic rings. The lowest BCUT2D eigenvalue weighted by atomic mass is 10.1. The average molecular weight is 266 g/mol. The first kappa shape index (κ1) is 16.8. The van der Waals surface area contributed by atoms with Crippen LogP contribution < -0.4 is 0 Å². The van der Waals surface area contributed by atoms with Crippen LogP contribution in [0.1, 0.15) is 90.9 Å². The molecule has 2 atom stereocenters. The molecule has 1 saturated heterocycles. The molecule has 0 aromatic heterocycles. The molecular formula is C18H34O. The molecule has 0 aliphatic carbocycles. The van der Waals surface area contributed by atoms with Gasteiger partial charge in [0.1, 0.15) is 0 Å². The Labute approximate surface area is 120 Å². The van der Waals surface area contributed by atoms with Crippen molar-refractivity contribution >= 4 is 0 Å². The van der Waals surface area contributed by atoms with Gasteiger partial charge in [0, 0.05) is 0 Å². The minimum Gasteiger partial charge on any atom is -0.369 e. The van der Waals surface area contributed by atoms with E-state index in [1.165, 1.54) is 70.6 Å². The summed E-state index contributed by atoms with van der Waals surface area (Å²) in [5, 5.41) is 0. The fraction of sp³-hybridized carbons (Fsp3) is 0.889. The van der Waals surface area contributed by atoms with Crippen molar-refractivity contribution < 1.29 is 4.74 Å². The molecule has 19 heavy (non-hydrogen) atoms. The molecule has 1 aliphatic heterocycles. The fourth-order valence-electron chi connectivity index (χ4n) is 2.63. The van der Waals surface area contributed by atoms with Crippen LogP contribution >= 0.6 is 0 Å². The number of epoxide rings is 1. The van der Waals surface area contributed by atoms with E-state index in [4.69, 9.17) is 4.74 Å². The molecule has 0 N–H and O–H groups in total. The maximum atomic E-state index is 5.68. The van der Waals surface area contributed by atoms with Gasteiger partial charge in [0.15, 0.2) is 0 Å². The average Bonchev–Trinajstić information content (AvgIpc) is 3.16. The first-order valence-corrected chi connectivity index (χ1v) is 8.69. The van der Waals surface area contributed by atoms with E-state index < -0.39 is 0 Å². The van der Waals surface area contributed by atoms with Crippen LogP contribution in [-0.2, 0) is 4.74 Å². The lowest BCUT2D eigenvalue weighted by Crippen LogP contribution is -1.92. The van der Waals surface area contributed by atoms with E-state index in [1.54, 1.807) is 0 Å². The molecule has 0 bridgehead atoms. The number of hydrogen-bond acceptors (Lipinski definition) is 1. The Morgan fingerprint density at radius 1 is 0.737 bits per heavy atom. The zero-order valence-electron chi connectivity index (χ0n) is 13.2. The molecule has 1 nitrogen and oxygen atoms in total. The van der Waals surface area contributed by atoms with Crippen LogP contribution in [0, 0.1) is 0 Å². The molecule has 0 aromatic carbocycles. The van der Waals surface area contributed by atoms with Crippen LogP contribution in [0.25, 0.3) is 0 Å². The third-order valence-corrected chi connectivity index (χ3v) is 4.04. The minimum atomic E-state index is 0.553. The summed E-state index contributed by atoms with van der Waals surface area (Å²) in [6, 6.07) is 0. The van der Waals surface area contributed by atoms with Gasteiger partial charge in [0.25, 0.3) is 0 Å². The van der Waals surface area contributed by atoms with Crippen LogP contribution in [0.5, 0.6) is 0 Å². The number of ether oxygens (including phenoxy) is 1. The van der Waals surface area contributed by atoms with Crippen LogP contribution in [0.2, 0.25) is 0 Å². The van der Waals surface area contributed by atoms with E-state index in [0.29, 0.717) is 12.2 Å². The Morgan fingerprint density at radius 3 is 2.21 bits per heavy atom. The van der Waals surface area contributed by atoms with Gasteiger partial charge in [-0.3, -0.25) is 0 Å². The third kappa shape index (κ3) is 9.27. The summed E-state index contributed by atoms with van der Waals surface area (Å²) in [5.74, 6) is 0. The molecule has 1 heteroatoms. The molecule has 0 saturated carbocycles. The second-order valence-electron chi connectivity index (χ2n) is 5.97. The van der Waals surface area contributed by atoms with E-state index >= 15 is 0 Å². The Morgan fingerprint density at radius 2 is 1.42 bits per heavy atom. The van der Waals surface area contributed by atoms with Gasteiger partial charge in [-0.15, -0.1) is 0 Å². The number of rotatable bonds is 13. The van der Waals surface area contributed by atoms with Gasteiger partial charge >= 0.3 is 0 Å². The van der Waals surface area contributed by atoms with Gasteiger partial charge < -0.3 is 4.74 Å². The topological polar surface area (TPSA) is 12.5 Å². The SMILES string of the molecule is CCCCCCCCC=CCC1OC1CCCCC. The second-order valence-corrected chi connectivity index (χ2v) is 5.97. The lowest BCUT2D eigenvalue weighted by molar-refractivity contribution is 0.359. The largest absolute Gasteiger partial charge is 0.369 e. The van der Waals surface area contributed by atoms with Crippen molar-refractivity contribution in [3.8, 4) is 0 Å². The summed E-state index contributed by atoms with van der Waals surface area (Å²) in [5.41, 5.74) is 0. The van der Waals surface area contributed by atoms with Crippen molar-refractivity contribution in [1.29, 1.82) is 0 Å². The Bertz CT molecular complexity index is 222. The maximum absolute atomic E-state index is 5.68. The molecular weight excluding hydrogens is 232 g/mol. The molecule has 1 rings (SSSR count). The third-order valence-electron chi connectivity index (χ3n) is 4.04. The summed E-state index contributed by atoms with van der Waals surface area (Å²) >= 11 is 0. The highest BCUT2D eigenvalue weighted by Crippen LogP contribution is 2.30. The molecule has 1 heterocycles. The van der Waals surface area contributed by atoms with E-state index in [-0.39, 0.29) is 0 Å². The summed E-state index contributed by atoms with van der Waals surface area (Å²) in [4.78, 5) is 0. The summed E-state index contributed by atoms with van der Waals surface area (Å²) in [7, 11) is 0. The highest BCUT2D eigenvalue weighted by atomic mass is 16.6. The first-order valence-electron chi connectivity index (χ1n) is 8.69. The van der Waals surface area contributed by atoms with E-state index in [2.05, 4.69) is 26.0 Å². The van der Waals surface area contributed by atoms with Gasteiger partial charge in [0.05, 0.1) is 12.2 Å². The van der Waals surface area contributed by atoms with Crippen molar-refractivity contribution in [1.82, 2.24) is 0 Å². The monoisotopic (exact) mass is 266 g/mol. The quantitative estimate of drug-likeness (QED) is 0.225. The van der Waals surface area contributed by atoms with Gasteiger partial charge in [-0.25, -0.2) is 0 Å². The fourth-order valence-corrected chi connectivity index (χ4v) is 2.63. The number of hydrogen-bond donors (Lipinski definition) is 0. The van der Waals surface area contributed by atoms with Gasteiger partial charge in [-0.1, -0.05) is 77.4 Å². The van der Waals surface area contributed by atoms with Crippen LogP contribution in [0.3, 0.4) is 0 Å². The Hall–Kier alpha value is -0.300. The summed E-state index contributed by atoms with van der Waals surface area (Å²) < 4.78 is 5.68. The van der Waals surface area contributed by atoms with Crippen molar-refractivity contribution in [2.24, 2.45) is 0 Å². The summed E-state index contributed by atoms with van der Waals surface area (Å²) in [6.07, 6.45) is 21.9. The van der Waals surface area contributed by atoms with Crippen molar-refractivity contribution in [2.75, 3.05) is 0 Å². The predicted molar refractivity (Wildman–Crippen MR) is 84.6 cm³/mol. The normalized spacial score (nSPS) is 22.2.